The van der Waals surface area contributed by atoms with Gasteiger partial charge >= 0.3 is 0 Å². The average molecular weight is 296 g/mol. The predicted molar refractivity (Wildman–Crippen MR) is 86.9 cm³/mol. The molecule has 2 aromatic carbocycles. The molecule has 1 atom stereocenters. The standard InChI is InChI=1S/C17H20N4O/c18-12-11-15(22)10-7-13-5-8-14(9-6-13)21-17-4-2-1-3-16(17)19-20-21/h1-6,8-9,15,22H,7,10-12,18H2. The lowest BCUT2D eigenvalue weighted by atomic mass is 10.0. The fraction of sp³-hybridized carbons (Fsp3) is 0.294. The summed E-state index contributed by atoms with van der Waals surface area (Å²) >= 11 is 0. The van der Waals surface area contributed by atoms with E-state index in [-0.39, 0.29) is 6.10 Å². The molecule has 3 rings (SSSR count). The quantitative estimate of drug-likeness (QED) is 0.730. The second-order valence-corrected chi connectivity index (χ2v) is 5.43. The van der Waals surface area contributed by atoms with Crippen molar-refractivity contribution in [2.75, 3.05) is 6.54 Å². The summed E-state index contributed by atoms with van der Waals surface area (Å²) in [5, 5.41) is 18.1. The van der Waals surface area contributed by atoms with Crippen LogP contribution in [0.2, 0.25) is 0 Å². The van der Waals surface area contributed by atoms with Crippen LogP contribution in [0.1, 0.15) is 18.4 Å². The Morgan fingerprint density at radius 1 is 1.05 bits per heavy atom. The molecule has 0 amide bonds. The van der Waals surface area contributed by atoms with Gasteiger partial charge in [0.2, 0.25) is 0 Å². The van der Waals surface area contributed by atoms with Crippen molar-refractivity contribution in [1.29, 1.82) is 0 Å². The fourth-order valence-electron chi connectivity index (χ4n) is 2.53. The Balaban J connectivity index is 1.74. The molecule has 3 aromatic rings. The minimum Gasteiger partial charge on any atom is -0.393 e. The number of aryl methyl sites for hydroxylation is 1. The molecule has 5 heteroatoms. The van der Waals surface area contributed by atoms with Crippen molar-refractivity contribution in [3.8, 4) is 5.69 Å². The molecule has 114 valence electrons. The van der Waals surface area contributed by atoms with Crippen LogP contribution in [-0.4, -0.2) is 32.7 Å². The van der Waals surface area contributed by atoms with Crippen molar-refractivity contribution in [2.24, 2.45) is 5.73 Å². The first-order valence-corrected chi connectivity index (χ1v) is 7.56. The first-order chi connectivity index (χ1) is 10.8. The van der Waals surface area contributed by atoms with E-state index in [1.807, 2.05) is 41.1 Å². The molecule has 1 aromatic heterocycles. The van der Waals surface area contributed by atoms with Gasteiger partial charge in [-0.25, -0.2) is 4.68 Å². The highest BCUT2D eigenvalue weighted by atomic mass is 16.3. The Labute approximate surface area is 129 Å². The van der Waals surface area contributed by atoms with Crippen molar-refractivity contribution in [3.63, 3.8) is 0 Å². The van der Waals surface area contributed by atoms with Crippen LogP contribution in [0.5, 0.6) is 0 Å². The van der Waals surface area contributed by atoms with Crippen molar-refractivity contribution in [1.82, 2.24) is 15.0 Å². The van der Waals surface area contributed by atoms with E-state index in [2.05, 4.69) is 22.4 Å². The lowest BCUT2D eigenvalue weighted by molar-refractivity contribution is 0.157. The maximum Gasteiger partial charge on any atom is 0.113 e. The molecule has 0 aliphatic rings. The number of aliphatic hydroxyl groups excluding tert-OH is 1. The van der Waals surface area contributed by atoms with E-state index in [0.29, 0.717) is 13.0 Å². The highest BCUT2D eigenvalue weighted by Crippen LogP contribution is 2.17. The zero-order chi connectivity index (χ0) is 15.4. The summed E-state index contributed by atoms with van der Waals surface area (Å²) in [4.78, 5) is 0. The molecule has 0 fully saturated rings. The maximum atomic E-state index is 9.73. The van der Waals surface area contributed by atoms with Crippen molar-refractivity contribution >= 4 is 11.0 Å². The van der Waals surface area contributed by atoms with Gasteiger partial charge in [-0.3, -0.25) is 0 Å². The number of nitrogens with zero attached hydrogens (tertiary/aromatic N) is 3. The molecule has 0 saturated carbocycles. The topological polar surface area (TPSA) is 77.0 Å². The second kappa shape index (κ2) is 6.68. The van der Waals surface area contributed by atoms with E-state index in [1.54, 1.807) is 0 Å². The molecule has 1 heterocycles. The molecular weight excluding hydrogens is 276 g/mol. The van der Waals surface area contributed by atoms with Crippen molar-refractivity contribution in [2.45, 2.75) is 25.4 Å². The Bertz CT molecular complexity index is 736. The largest absolute Gasteiger partial charge is 0.393 e. The van der Waals surface area contributed by atoms with E-state index in [4.69, 9.17) is 5.73 Å². The molecule has 0 saturated heterocycles. The molecule has 1 unspecified atom stereocenters. The van der Waals surface area contributed by atoms with Gasteiger partial charge in [-0.2, -0.15) is 0 Å². The van der Waals surface area contributed by atoms with Crippen LogP contribution < -0.4 is 5.73 Å². The fourth-order valence-corrected chi connectivity index (χ4v) is 2.53. The summed E-state index contributed by atoms with van der Waals surface area (Å²) in [6, 6.07) is 16.1. The van der Waals surface area contributed by atoms with Crippen LogP contribution in [0.15, 0.2) is 48.5 Å². The number of rotatable bonds is 6. The first kappa shape index (κ1) is 14.7. The van der Waals surface area contributed by atoms with E-state index < -0.39 is 0 Å². The summed E-state index contributed by atoms with van der Waals surface area (Å²) in [5.41, 5.74) is 9.51. The van der Waals surface area contributed by atoms with E-state index in [1.165, 1.54) is 5.56 Å². The molecule has 22 heavy (non-hydrogen) atoms. The van der Waals surface area contributed by atoms with Crippen LogP contribution in [0.3, 0.4) is 0 Å². The van der Waals surface area contributed by atoms with Gasteiger partial charge < -0.3 is 10.8 Å². The zero-order valence-corrected chi connectivity index (χ0v) is 12.4. The second-order valence-electron chi connectivity index (χ2n) is 5.43. The van der Waals surface area contributed by atoms with Crippen LogP contribution in [0.4, 0.5) is 0 Å². The first-order valence-electron chi connectivity index (χ1n) is 7.56. The summed E-state index contributed by atoms with van der Waals surface area (Å²) in [5.74, 6) is 0. The number of benzene rings is 2. The minimum atomic E-state index is -0.316. The molecule has 5 nitrogen and oxygen atoms in total. The summed E-state index contributed by atoms with van der Waals surface area (Å²) in [6.07, 6.45) is 1.93. The summed E-state index contributed by atoms with van der Waals surface area (Å²) < 4.78 is 1.84. The van der Waals surface area contributed by atoms with E-state index >= 15 is 0 Å². The number of aliphatic hydroxyl groups is 1. The van der Waals surface area contributed by atoms with Gasteiger partial charge in [0.1, 0.15) is 5.52 Å². The highest BCUT2D eigenvalue weighted by molar-refractivity contribution is 5.75. The Morgan fingerprint density at radius 3 is 2.59 bits per heavy atom. The van der Waals surface area contributed by atoms with Gasteiger partial charge in [0.15, 0.2) is 0 Å². The van der Waals surface area contributed by atoms with Crippen LogP contribution in [-0.2, 0) is 6.42 Å². The molecular formula is C17H20N4O. The van der Waals surface area contributed by atoms with Crippen molar-refractivity contribution in [3.05, 3.63) is 54.1 Å². The lowest BCUT2D eigenvalue weighted by Crippen LogP contribution is -2.14. The molecule has 0 aliphatic carbocycles. The molecule has 0 bridgehead atoms. The van der Waals surface area contributed by atoms with E-state index in [9.17, 15) is 5.11 Å². The van der Waals surface area contributed by atoms with Gasteiger partial charge in [-0.05, 0) is 55.6 Å². The minimum absolute atomic E-state index is 0.316. The number of hydrogen-bond donors (Lipinski definition) is 2. The van der Waals surface area contributed by atoms with Crippen LogP contribution in [0.25, 0.3) is 16.7 Å². The molecule has 3 N–H and O–H groups in total. The Kier molecular flexibility index (Phi) is 4.46. The van der Waals surface area contributed by atoms with Crippen molar-refractivity contribution < 1.29 is 5.11 Å². The molecule has 0 aliphatic heterocycles. The third-order valence-electron chi connectivity index (χ3n) is 3.80. The third kappa shape index (κ3) is 3.16. The summed E-state index contributed by atoms with van der Waals surface area (Å²) in [6.45, 7) is 0.527. The normalized spacial score (nSPS) is 12.6. The van der Waals surface area contributed by atoms with Gasteiger partial charge in [0.05, 0.1) is 17.3 Å². The van der Waals surface area contributed by atoms with Gasteiger partial charge in [-0.15, -0.1) is 5.10 Å². The number of fused-ring (bicyclic) bond motifs is 1. The summed E-state index contributed by atoms with van der Waals surface area (Å²) in [7, 11) is 0. The lowest BCUT2D eigenvalue weighted by Gasteiger charge is -2.09. The third-order valence-corrected chi connectivity index (χ3v) is 3.80. The number of aromatic nitrogens is 3. The monoisotopic (exact) mass is 296 g/mol. The van der Waals surface area contributed by atoms with E-state index in [0.717, 1.165) is 29.6 Å². The molecule has 0 spiro atoms. The number of nitrogens with two attached hydrogens (primary N) is 1. The van der Waals surface area contributed by atoms with Gasteiger partial charge in [-0.1, -0.05) is 29.5 Å². The smallest absolute Gasteiger partial charge is 0.113 e. The zero-order valence-electron chi connectivity index (χ0n) is 12.4. The predicted octanol–water partition coefficient (Wildman–Crippen LogP) is 2.06. The van der Waals surface area contributed by atoms with Gasteiger partial charge in [0, 0.05) is 0 Å². The van der Waals surface area contributed by atoms with Crippen LogP contribution in [0, 0.1) is 0 Å². The average Bonchev–Trinajstić information content (AvgIpc) is 2.98. The SMILES string of the molecule is NCCC(O)CCc1ccc(-n2nnc3ccccc32)cc1. The number of para-hydroxylation sites is 1. The molecule has 0 radical (unpaired) electrons. The maximum absolute atomic E-state index is 9.73. The Hall–Kier alpha value is -2.24. The van der Waals surface area contributed by atoms with Gasteiger partial charge in [0.25, 0.3) is 0 Å². The van der Waals surface area contributed by atoms with Crippen LogP contribution >= 0.6 is 0 Å². The highest BCUT2D eigenvalue weighted by Gasteiger charge is 2.07. The number of hydrogen-bond acceptors (Lipinski definition) is 4. The Morgan fingerprint density at radius 2 is 1.82 bits per heavy atom.